The van der Waals surface area contributed by atoms with Crippen molar-refractivity contribution in [1.82, 2.24) is 4.90 Å². The second-order valence-corrected chi connectivity index (χ2v) is 11.7. The highest BCUT2D eigenvalue weighted by molar-refractivity contribution is 6.35. The van der Waals surface area contributed by atoms with Gasteiger partial charge in [-0.1, -0.05) is 31.2 Å². The Morgan fingerprint density at radius 3 is 2.40 bits per heavy atom. The Balaban J connectivity index is 1.48. The van der Waals surface area contributed by atoms with Crippen LogP contribution in [0.2, 0.25) is 0 Å². The second-order valence-electron chi connectivity index (χ2n) is 11.7. The van der Waals surface area contributed by atoms with Crippen LogP contribution in [0.4, 0.5) is 0 Å². The fraction of sp³-hybridized carbons (Fsp3) is 0.571. The van der Waals surface area contributed by atoms with E-state index in [0.29, 0.717) is 36.9 Å². The number of hydrogen-bond acceptors (Lipinski definition) is 7. The maximum Gasteiger partial charge on any atom is 0.315 e. The van der Waals surface area contributed by atoms with Crippen molar-refractivity contribution < 1.29 is 29.0 Å². The monoisotopic (exact) mass is 475 g/mol. The summed E-state index contributed by atoms with van der Waals surface area (Å²) >= 11 is 0. The summed E-state index contributed by atoms with van der Waals surface area (Å²) < 4.78 is 6.14. The molecule has 1 saturated carbocycles. The normalized spacial score (nSPS) is 45.1. The number of fused-ring (bicyclic) bond motifs is 8. The third kappa shape index (κ3) is 2.00. The lowest BCUT2D eigenvalue weighted by Gasteiger charge is -2.45. The zero-order chi connectivity index (χ0) is 24.5. The number of ether oxygens (including phenoxy) is 1. The molecule has 7 heteroatoms. The molecule has 1 aromatic carbocycles. The predicted molar refractivity (Wildman–Crippen MR) is 124 cm³/mol. The lowest BCUT2D eigenvalue weighted by atomic mass is 9.55. The molecule has 3 heterocycles. The lowest BCUT2D eigenvalue weighted by molar-refractivity contribution is -0.167. The number of aliphatic hydroxyl groups is 1. The van der Waals surface area contributed by atoms with Crippen molar-refractivity contribution >= 4 is 23.3 Å². The van der Waals surface area contributed by atoms with Crippen LogP contribution in [-0.4, -0.2) is 63.2 Å². The molecule has 7 nitrogen and oxygen atoms in total. The van der Waals surface area contributed by atoms with Crippen LogP contribution in [-0.2, 0) is 14.3 Å². The Kier molecular flexibility index (Phi) is 3.94. The van der Waals surface area contributed by atoms with Crippen LogP contribution in [0.25, 0.3) is 0 Å². The number of carbonyl (C=O) groups excluding carboxylic acids is 4. The van der Waals surface area contributed by atoms with Gasteiger partial charge in [-0.05, 0) is 63.6 Å². The highest BCUT2D eigenvalue weighted by Crippen LogP contribution is 2.69. The van der Waals surface area contributed by atoms with Gasteiger partial charge in [-0.2, -0.15) is 0 Å². The fourth-order valence-corrected chi connectivity index (χ4v) is 9.02. The zero-order valence-corrected chi connectivity index (χ0v) is 20.0. The van der Waals surface area contributed by atoms with Gasteiger partial charge in [0.05, 0.1) is 5.41 Å². The minimum atomic E-state index is -1.65. The van der Waals surface area contributed by atoms with Gasteiger partial charge in [0.1, 0.15) is 17.1 Å². The molecule has 0 radical (unpaired) electrons. The van der Waals surface area contributed by atoms with Crippen LogP contribution in [0, 0.1) is 22.7 Å². The van der Waals surface area contributed by atoms with E-state index in [0.717, 1.165) is 12.8 Å². The van der Waals surface area contributed by atoms with Crippen LogP contribution in [0.15, 0.2) is 36.4 Å². The molecule has 0 aromatic heterocycles. The minimum Gasteiger partial charge on any atom is -0.460 e. The summed E-state index contributed by atoms with van der Waals surface area (Å²) in [7, 11) is 0. The first-order valence-electron chi connectivity index (χ1n) is 12.8. The molecular formula is C28H29NO6. The highest BCUT2D eigenvalue weighted by Gasteiger charge is 2.84. The molecule has 1 N–H and O–H groups in total. The number of Topliss-reactive ketones (excluding diaryl/α,β-unsaturated/α-hetero) is 2. The molecule has 2 spiro atoms. The summed E-state index contributed by atoms with van der Waals surface area (Å²) in [5.41, 5.74) is -5.12. The SMILES string of the molecule is C[C@H]1CC[C@@H]2[C@@H](OC(=O)[C@]23C[C@H]2CCCN2C32C(=O)c3ccccc3C2=O)[C@]2(C)C(=O)C=C[C@@]12O. The Hall–Kier alpha value is -2.64. The third-order valence-corrected chi connectivity index (χ3v) is 10.7. The van der Waals surface area contributed by atoms with E-state index < -0.39 is 40.0 Å². The fourth-order valence-electron chi connectivity index (χ4n) is 9.02. The smallest absolute Gasteiger partial charge is 0.315 e. The number of benzene rings is 1. The van der Waals surface area contributed by atoms with E-state index in [2.05, 4.69) is 0 Å². The molecule has 3 aliphatic heterocycles. The van der Waals surface area contributed by atoms with Gasteiger partial charge < -0.3 is 9.84 Å². The summed E-state index contributed by atoms with van der Waals surface area (Å²) in [5, 5.41) is 11.8. The first-order chi connectivity index (χ1) is 16.7. The summed E-state index contributed by atoms with van der Waals surface area (Å²) in [6, 6.07) is 6.78. The number of rotatable bonds is 0. The van der Waals surface area contributed by atoms with Crippen molar-refractivity contribution in [3.8, 4) is 0 Å². The quantitative estimate of drug-likeness (QED) is 0.455. The summed E-state index contributed by atoms with van der Waals surface area (Å²) in [5.74, 6) is -2.24. The molecule has 0 amide bonds. The van der Waals surface area contributed by atoms with Crippen LogP contribution in [0.5, 0.6) is 0 Å². The number of carbonyl (C=O) groups is 4. The molecule has 1 aromatic rings. The molecule has 6 aliphatic rings. The van der Waals surface area contributed by atoms with Crippen molar-refractivity contribution in [2.45, 2.75) is 69.2 Å². The van der Waals surface area contributed by atoms with Crippen LogP contribution in [0.1, 0.15) is 66.7 Å². The van der Waals surface area contributed by atoms with E-state index in [1.165, 1.54) is 6.08 Å². The van der Waals surface area contributed by atoms with Gasteiger partial charge in [-0.25, -0.2) is 0 Å². The number of nitrogens with zero attached hydrogens (tertiary/aromatic N) is 1. The van der Waals surface area contributed by atoms with Gasteiger partial charge in [-0.15, -0.1) is 0 Å². The Morgan fingerprint density at radius 1 is 1.03 bits per heavy atom. The van der Waals surface area contributed by atoms with Crippen LogP contribution >= 0.6 is 0 Å². The van der Waals surface area contributed by atoms with E-state index in [1.807, 2.05) is 11.8 Å². The van der Waals surface area contributed by atoms with Gasteiger partial charge in [0, 0.05) is 23.1 Å². The first kappa shape index (κ1) is 21.6. The van der Waals surface area contributed by atoms with Crippen molar-refractivity contribution in [3.05, 3.63) is 47.5 Å². The molecule has 4 fully saturated rings. The molecule has 7 atom stereocenters. The van der Waals surface area contributed by atoms with Gasteiger partial charge in [0.15, 0.2) is 22.9 Å². The molecule has 3 aliphatic carbocycles. The maximum absolute atomic E-state index is 14.3. The van der Waals surface area contributed by atoms with Crippen LogP contribution in [0.3, 0.4) is 0 Å². The molecule has 0 bridgehead atoms. The van der Waals surface area contributed by atoms with Crippen molar-refractivity contribution in [2.75, 3.05) is 6.54 Å². The molecule has 182 valence electrons. The Labute approximate surface area is 203 Å². The Bertz CT molecular complexity index is 1230. The maximum atomic E-state index is 14.3. The number of hydrogen-bond donors (Lipinski definition) is 1. The predicted octanol–water partition coefficient (Wildman–Crippen LogP) is 2.51. The Morgan fingerprint density at radius 2 is 1.71 bits per heavy atom. The number of allylic oxidation sites excluding steroid dienone is 1. The third-order valence-electron chi connectivity index (χ3n) is 10.7. The molecular weight excluding hydrogens is 446 g/mol. The summed E-state index contributed by atoms with van der Waals surface area (Å²) in [4.78, 5) is 58.2. The highest BCUT2D eigenvalue weighted by atomic mass is 16.6. The van der Waals surface area contributed by atoms with E-state index in [4.69, 9.17) is 4.74 Å². The lowest BCUT2D eigenvalue weighted by Crippen LogP contribution is -2.66. The number of esters is 1. The van der Waals surface area contributed by atoms with E-state index >= 15 is 0 Å². The average molecular weight is 476 g/mol. The first-order valence-corrected chi connectivity index (χ1v) is 12.8. The van der Waals surface area contributed by atoms with E-state index in [1.54, 1.807) is 37.3 Å². The minimum absolute atomic E-state index is 0.0757. The molecule has 0 unspecified atom stereocenters. The standard InChI is InChI=1S/C28H29NO6/c1-15-9-10-19-23(25(2)20(30)11-12-27(15,25)34)35-24(33)26(19)14-16-6-5-13-29(16)28(26)21(31)17-7-3-4-8-18(17)22(28)32/h3-4,7-8,11-12,15-16,19,23,34H,5-6,9-10,13-14H2,1-2H3/t15-,16+,19+,23+,25-,26-,27+/m0/s1. The van der Waals surface area contributed by atoms with Gasteiger partial charge in [-0.3, -0.25) is 24.1 Å². The average Bonchev–Trinajstić information content (AvgIpc) is 3.58. The van der Waals surface area contributed by atoms with Crippen molar-refractivity contribution in [3.63, 3.8) is 0 Å². The van der Waals surface area contributed by atoms with Crippen molar-refractivity contribution in [1.29, 1.82) is 0 Å². The topological polar surface area (TPSA) is 101 Å². The van der Waals surface area contributed by atoms with Crippen molar-refractivity contribution in [2.24, 2.45) is 22.7 Å². The van der Waals surface area contributed by atoms with Gasteiger partial charge >= 0.3 is 5.97 Å². The molecule has 3 saturated heterocycles. The van der Waals surface area contributed by atoms with Crippen LogP contribution < -0.4 is 0 Å². The summed E-state index contributed by atoms with van der Waals surface area (Å²) in [6.07, 6.45) is 5.14. The largest absolute Gasteiger partial charge is 0.460 e. The molecule has 35 heavy (non-hydrogen) atoms. The second kappa shape index (κ2) is 6.37. The molecule has 7 rings (SSSR count). The van der Waals surface area contributed by atoms with E-state index in [-0.39, 0.29) is 29.3 Å². The van der Waals surface area contributed by atoms with Gasteiger partial charge in [0.2, 0.25) is 0 Å². The van der Waals surface area contributed by atoms with E-state index in [9.17, 15) is 24.3 Å². The number of ketones is 3. The summed E-state index contributed by atoms with van der Waals surface area (Å²) in [6.45, 7) is 4.18. The van der Waals surface area contributed by atoms with Gasteiger partial charge in [0.25, 0.3) is 0 Å². The zero-order valence-electron chi connectivity index (χ0n) is 20.0.